The second-order valence-electron chi connectivity index (χ2n) is 5.15. The molecule has 1 aliphatic rings. The maximum atomic E-state index is 13.3. The van der Waals surface area contributed by atoms with Gasteiger partial charge in [-0.2, -0.15) is 9.57 Å². The number of hydrogen-bond donors (Lipinski definition) is 1. The normalized spacial score (nSPS) is 18.9. The minimum atomic E-state index is -4.00. The van der Waals surface area contributed by atoms with E-state index in [1.807, 2.05) is 0 Å². The molecule has 1 aliphatic heterocycles. The van der Waals surface area contributed by atoms with E-state index in [9.17, 15) is 17.6 Å². The topological polar surface area (TPSA) is 90.3 Å². The predicted octanol–water partition coefficient (Wildman–Crippen LogP) is 0.596. The van der Waals surface area contributed by atoms with Crippen LogP contribution in [-0.4, -0.2) is 37.3 Å². The summed E-state index contributed by atoms with van der Waals surface area (Å²) in [4.78, 5) is 11.6. The van der Waals surface area contributed by atoms with Crippen LogP contribution in [0.25, 0.3) is 0 Å². The van der Waals surface area contributed by atoms with E-state index < -0.39 is 27.3 Å². The SMILES string of the molecule is CC1(C)C(=O)NCCN1S(=O)(=O)c1ccc(F)c(C#N)c1. The van der Waals surface area contributed by atoms with Crippen molar-refractivity contribution in [3.63, 3.8) is 0 Å². The summed E-state index contributed by atoms with van der Waals surface area (Å²) in [7, 11) is -4.00. The predicted molar refractivity (Wildman–Crippen MR) is 72.1 cm³/mol. The van der Waals surface area contributed by atoms with Crippen molar-refractivity contribution >= 4 is 15.9 Å². The van der Waals surface area contributed by atoms with Gasteiger partial charge >= 0.3 is 0 Å². The van der Waals surface area contributed by atoms with Gasteiger partial charge in [-0.1, -0.05) is 0 Å². The van der Waals surface area contributed by atoms with Gasteiger partial charge in [0.15, 0.2) is 0 Å². The lowest BCUT2D eigenvalue weighted by atomic mass is 10.0. The van der Waals surface area contributed by atoms with E-state index in [4.69, 9.17) is 5.26 Å². The molecule has 112 valence electrons. The number of carbonyl (C=O) groups is 1. The molecule has 1 aromatic carbocycles. The van der Waals surface area contributed by atoms with Crippen LogP contribution in [0.4, 0.5) is 4.39 Å². The first-order valence-corrected chi connectivity index (χ1v) is 7.66. The summed E-state index contributed by atoms with van der Waals surface area (Å²) in [5, 5.41) is 11.4. The third-order valence-electron chi connectivity index (χ3n) is 3.43. The Hall–Kier alpha value is -1.98. The van der Waals surface area contributed by atoms with Gasteiger partial charge in [0.1, 0.15) is 17.4 Å². The first-order valence-electron chi connectivity index (χ1n) is 6.22. The molecule has 6 nitrogen and oxygen atoms in total. The van der Waals surface area contributed by atoms with Gasteiger partial charge in [-0.3, -0.25) is 4.79 Å². The maximum Gasteiger partial charge on any atom is 0.244 e. The molecular formula is C13H14FN3O3S. The fourth-order valence-electron chi connectivity index (χ4n) is 2.18. The van der Waals surface area contributed by atoms with Gasteiger partial charge in [0.25, 0.3) is 0 Å². The second-order valence-corrected chi connectivity index (χ2v) is 7.01. The summed E-state index contributed by atoms with van der Waals surface area (Å²) in [6.45, 7) is 3.30. The standard InChI is InChI=1S/C13H14FN3O3S/c1-13(2)12(18)16-5-6-17(13)21(19,20)10-3-4-11(14)9(7-10)8-15/h3-4,7H,5-6H2,1-2H3,(H,16,18). The van der Waals surface area contributed by atoms with Crippen LogP contribution in [0.1, 0.15) is 19.4 Å². The number of halogens is 1. The van der Waals surface area contributed by atoms with Crippen LogP contribution in [0.3, 0.4) is 0 Å². The zero-order valence-corrected chi connectivity index (χ0v) is 12.4. The van der Waals surface area contributed by atoms with Crippen molar-refractivity contribution in [3.05, 3.63) is 29.6 Å². The Balaban J connectivity index is 2.52. The minimum Gasteiger partial charge on any atom is -0.353 e. The van der Waals surface area contributed by atoms with Crippen molar-refractivity contribution in [1.29, 1.82) is 5.26 Å². The van der Waals surface area contributed by atoms with Gasteiger partial charge < -0.3 is 5.32 Å². The fourth-order valence-corrected chi connectivity index (χ4v) is 3.96. The van der Waals surface area contributed by atoms with Gasteiger partial charge in [0.2, 0.25) is 15.9 Å². The van der Waals surface area contributed by atoms with E-state index in [-0.39, 0.29) is 23.5 Å². The largest absolute Gasteiger partial charge is 0.353 e. The number of rotatable bonds is 2. The summed E-state index contributed by atoms with van der Waals surface area (Å²) in [6.07, 6.45) is 0. The zero-order chi connectivity index (χ0) is 15.8. The summed E-state index contributed by atoms with van der Waals surface area (Å²) < 4.78 is 39.7. The van der Waals surface area contributed by atoms with E-state index >= 15 is 0 Å². The number of hydrogen-bond acceptors (Lipinski definition) is 4. The van der Waals surface area contributed by atoms with E-state index in [2.05, 4.69) is 5.32 Å². The number of nitriles is 1. The monoisotopic (exact) mass is 311 g/mol. The van der Waals surface area contributed by atoms with Crippen molar-refractivity contribution in [3.8, 4) is 6.07 Å². The number of amides is 1. The molecule has 0 aliphatic carbocycles. The highest BCUT2D eigenvalue weighted by molar-refractivity contribution is 7.89. The highest BCUT2D eigenvalue weighted by atomic mass is 32.2. The number of nitrogens with zero attached hydrogens (tertiary/aromatic N) is 2. The van der Waals surface area contributed by atoms with Gasteiger partial charge in [0, 0.05) is 13.1 Å². The van der Waals surface area contributed by atoms with Gasteiger partial charge in [-0.05, 0) is 32.0 Å². The molecule has 0 spiro atoms. The fraction of sp³-hybridized carbons (Fsp3) is 0.385. The minimum absolute atomic E-state index is 0.111. The Labute approximate surface area is 122 Å². The Morgan fingerprint density at radius 3 is 2.71 bits per heavy atom. The van der Waals surface area contributed by atoms with Gasteiger partial charge in [-0.15, -0.1) is 0 Å². The Morgan fingerprint density at radius 2 is 2.10 bits per heavy atom. The molecule has 21 heavy (non-hydrogen) atoms. The number of benzene rings is 1. The van der Waals surface area contributed by atoms with Crippen molar-refractivity contribution in [2.45, 2.75) is 24.3 Å². The second kappa shape index (κ2) is 5.09. The Bertz CT molecular complexity index is 738. The van der Waals surface area contributed by atoms with Crippen molar-refractivity contribution in [1.82, 2.24) is 9.62 Å². The highest BCUT2D eigenvalue weighted by Crippen LogP contribution is 2.27. The van der Waals surface area contributed by atoms with Crippen LogP contribution in [-0.2, 0) is 14.8 Å². The van der Waals surface area contributed by atoms with Crippen LogP contribution < -0.4 is 5.32 Å². The molecule has 1 saturated heterocycles. The van der Waals surface area contributed by atoms with Crippen molar-refractivity contribution in [2.24, 2.45) is 0 Å². The summed E-state index contributed by atoms with van der Waals surface area (Å²) in [5.41, 5.74) is -1.60. The average Bonchev–Trinajstić information content (AvgIpc) is 2.41. The lowest BCUT2D eigenvalue weighted by molar-refractivity contribution is -0.131. The lowest BCUT2D eigenvalue weighted by Gasteiger charge is -2.39. The molecule has 2 rings (SSSR count). The number of sulfonamides is 1. The Morgan fingerprint density at radius 1 is 1.43 bits per heavy atom. The van der Waals surface area contributed by atoms with Gasteiger partial charge in [-0.25, -0.2) is 12.8 Å². The summed E-state index contributed by atoms with van der Waals surface area (Å²) >= 11 is 0. The molecule has 1 heterocycles. The molecule has 1 aromatic rings. The molecule has 0 radical (unpaired) electrons. The van der Waals surface area contributed by atoms with Crippen LogP contribution >= 0.6 is 0 Å². The number of carbonyl (C=O) groups excluding carboxylic acids is 1. The van der Waals surface area contributed by atoms with Crippen LogP contribution in [0, 0.1) is 17.1 Å². The zero-order valence-electron chi connectivity index (χ0n) is 11.6. The van der Waals surface area contributed by atoms with Crippen LogP contribution in [0.15, 0.2) is 23.1 Å². The van der Waals surface area contributed by atoms with Gasteiger partial charge in [0.05, 0.1) is 10.5 Å². The molecule has 1 amide bonds. The molecule has 0 bridgehead atoms. The molecule has 0 saturated carbocycles. The quantitative estimate of drug-likeness (QED) is 0.866. The smallest absolute Gasteiger partial charge is 0.244 e. The van der Waals surface area contributed by atoms with Crippen LogP contribution in [0.5, 0.6) is 0 Å². The first-order chi connectivity index (χ1) is 9.71. The molecular weight excluding hydrogens is 297 g/mol. The molecule has 0 atom stereocenters. The number of nitrogens with one attached hydrogen (secondary N) is 1. The molecule has 0 unspecified atom stereocenters. The van der Waals surface area contributed by atoms with Crippen molar-refractivity contribution in [2.75, 3.05) is 13.1 Å². The highest BCUT2D eigenvalue weighted by Gasteiger charge is 2.44. The number of piperazine rings is 1. The van der Waals surface area contributed by atoms with Crippen LogP contribution in [0.2, 0.25) is 0 Å². The van der Waals surface area contributed by atoms with E-state index in [0.717, 1.165) is 22.5 Å². The summed E-state index contributed by atoms with van der Waals surface area (Å²) in [5.74, 6) is -1.19. The molecule has 0 aromatic heterocycles. The van der Waals surface area contributed by atoms with E-state index in [1.165, 1.54) is 13.8 Å². The Kier molecular flexibility index (Phi) is 3.74. The third-order valence-corrected chi connectivity index (χ3v) is 5.49. The van der Waals surface area contributed by atoms with E-state index in [0.29, 0.717) is 0 Å². The maximum absolute atomic E-state index is 13.3. The molecule has 8 heteroatoms. The lowest BCUT2D eigenvalue weighted by Crippen LogP contribution is -2.63. The molecule has 1 N–H and O–H groups in total. The summed E-state index contributed by atoms with van der Waals surface area (Å²) in [6, 6.07) is 4.61. The third kappa shape index (κ3) is 2.50. The average molecular weight is 311 g/mol. The van der Waals surface area contributed by atoms with E-state index in [1.54, 1.807) is 6.07 Å². The first kappa shape index (κ1) is 15.4. The van der Waals surface area contributed by atoms with Crippen molar-refractivity contribution < 1.29 is 17.6 Å². The molecule has 1 fully saturated rings.